The van der Waals surface area contributed by atoms with Crippen molar-refractivity contribution in [3.8, 4) is 0 Å². The van der Waals surface area contributed by atoms with Crippen molar-refractivity contribution >= 4 is 46.1 Å². The number of aromatic amines is 1. The van der Waals surface area contributed by atoms with Crippen LogP contribution in [0.3, 0.4) is 0 Å². The average Bonchev–Trinajstić information content (AvgIpc) is 2.49. The highest BCUT2D eigenvalue weighted by Gasteiger charge is 2.05. The van der Waals surface area contributed by atoms with Gasteiger partial charge in [-0.3, -0.25) is 0 Å². The van der Waals surface area contributed by atoms with Crippen LogP contribution in [0.15, 0.2) is 54.6 Å². The summed E-state index contributed by atoms with van der Waals surface area (Å²) in [7, 11) is 0. The first-order chi connectivity index (χ1) is 10.2. The number of H-pyrrole nitrogens is 1. The molecule has 0 aliphatic carbocycles. The van der Waals surface area contributed by atoms with Crippen LogP contribution < -0.4 is 5.32 Å². The number of hydrogen-bond donors (Lipinski definition) is 2. The second-order valence-corrected chi connectivity index (χ2v) is 5.52. The van der Waals surface area contributed by atoms with Gasteiger partial charge in [-0.15, -0.1) is 0 Å². The van der Waals surface area contributed by atoms with E-state index in [0.29, 0.717) is 16.0 Å². The van der Waals surface area contributed by atoms with E-state index < -0.39 is 0 Å². The molecule has 2 aromatic carbocycles. The van der Waals surface area contributed by atoms with E-state index in [1.165, 1.54) is 0 Å². The van der Waals surface area contributed by atoms with Gasteiger partial charge >= 0.3 is 0 Å². The Morgan fingerprint density at radius 1 is 1.05 bits per heavy atom. The van der Waals surface area contributed by atoms with E-state index in [0.717, 1.165) is 22.4 Å². The Morgan fingerprint density at radius 3 is 2.57 bits per heavy atom. The molecule has 0 saturated heterocycles. The lowest BCUT2D eigenvalue weighted by Gasteiger charge is -2.08. The van der Waals surface area contributed by atoms with Gasteiger partial charge < -0.3 is 10.3 Å². The summed E-state index contributed by atoms with van der Waals surface area (Å²) >= 11 is 10.7. The van der Waals surface area contributed by atoms with Gasteiger partial charge in [0.05, 0.1) is 21.7 Å². The van der Waals surface area contributed by atoms with E-state index in [4.69, 9.17) is 24.4 Å². The summed E-state index contributed by atoms with van der Waals surface area (Å²) < 4.78 is 0.630. The van der Waals surface area contributed by atoms with Gasteiger partial charge in [0.2, 0.25) is 0 Å². The van der Waals surface area contributed by atoms with Gasteiger partial charge in [-0.1, -0.05) is 54.8 Å². The monoisotopic (exact) mass is 311 g/mol. The summed E-state index contributed by atoms with van der Waals surface area (Å²) in [6.45, 7) is 0. The molecule has 0 atom stereocenters. The molecule has 2 N–H and O–H groups in total. The zero-order valence-electron chi connectivity index (χ0n) is 11.2. The first kappa shape index (κ1) is 13.9. The smallest absolute Gasteiger partial charge is 0.125 e. The fourth-order valence-electron chi connectivity index (χ4n) is 2.07. The van der Waals surface area contributed by atoms with Crippen LogP contribution in [0.2, 0.25) is 0 Å². The zero-order valence-corrected chi connectivity index (χ0v) is 12.8. The lowest BCUT2D eigenvalue weighted by molar-refractivity contribution is 1.12. The number of hydrogen-bond acceptors (Lipinski definition) is 3. The molecule has 3 rings (SSSR count). The Kier molecular flexibility index (Phi) is 4.03. The molecule has 3 nitrogen and oxygen atoms in total. The van der Waals surface area contributed by atoms with Crippen LogP contribution in [-0.4, -0.2) is 15.0 Å². The number of anilines is 1. The number of nitrogens with zero attached hydrogens (tertiary/aromatic N) is 1. The average molecular weight is 311 g/mol. The van der Waals surface area contributed by atoms with Crippen LogP contribution in [0.4, 0.5) is 5.69 Å². The second-order valence-electron chi connectivity index (χ2n) is 4.62. The summed E-state index contributed by atoms with van der Waals surface area (Å²) in [6.07, 6.45) is 0.518. The van der Waals surface area contributed by atoms with Crippen molar-refractivity contribution in [2.75, 3.05) is 5.32 Å². The van der Waals surface area contributed by atoms with Gasteiger partial charge in [-0.05, 0) is 24.3 Å². The maximum Gasteiger partial charge on any atom is 0.125 e. The highest BCUT2D eigenvalue weighted by atomic mass is 32.1. The van der Waals surface area contributed by atoms with Gasteiger partial charge in [0.25, 0.3) is 0 Å². The van der Waals surface area contributed by atoms with Crippen LogP contribution in [-0.2, 0) is 6.42 Å². The number of thiocarbonyl (C=S) groups is 1. The van der Waals surface area contributed by atoms with Crippen molar-refractivity contribution in [2.24, 2.45) is 0 Å². The summed E-state index contributed by atoms with van der Waals surface area (Å²) in [6, 6.07) is 17.7. The van der Waals surface area contributed by atoms with Crippen molar-refractivity contribution in [3.63, 3.8) is 0 Å². The number of aromatic nitrogens is 2. The van der Waals surface area contributed by atoms with Crippen molar-refractivity contribution in [1.82, 2.24) is 9.97 Å². The third-order valence-electron chi connectivity index (χ3n) is 3.06. The fraction of sp³-hybridized carbons (Fsp3) is 0.0625. The minimum absolute atomic E-state index is 0.518. The second kappa shape index (κ2) is 6.11. The molecule has 104 valence electrons. The molecule has 0 fully saturated rings. The molecule has 21 heavy (non-hydrogen) atoms. The molecular weight excluding hydrogens is 298 g/mol. The lowest BCUT2D eigenvalue weighted by Crippen LogP contribution is -2.13. The predicted molar refractivity (Wildman–Crippen MR) is 93.3 cm³/mol. The quantitative estimate of drug-likeness (QED) is 0.709. The molecule has 3 aromatic rings. The molecule has 0 unspecified atom stereocenters. The Hall–Kier alpha value is -2.11. The van der Waals surface area contributed by atoms with Crippen LogP contribution in [0.1, 0.15) is 5.69 Å². The SMILES string of the molecule is S=C(Cc1nc2ccccc2[nH]c1=S)Nc1ccccc1. The van der Waals surface area contributed by atoms with Gasteiger partial charge in [-0.2, -0.15) is 0 Å². The third kappa shape index (κ3) is 3.32. The lowest BCUT2D eigenvalue weighted by atomic mass is 10.2. The largest absolute Gasteiger partial charge is 0.350 e. The van der Waals surface area contributed by atoms with Gasteiger partial charge in [0.15, 0.2) is 0 Å². The van der Waals surface area contributed by atoms with E-state index in [-0.39, 0.29) is 0 Å². The van der Waals surface area contributed by atoms with Gasteiger partial charge in [0, 0.05) is 12.1 Å². The summed E-state index contributed by atoms with van der Waals surface area (Å²) in [5.74, 6) is 0. The Morgan fingerprint density at radius 2 is 1.76 bits per heavy atom. The standard InChI is InChI=1S/C16H13N3S2/c20-15(17-11-6-2-1-3-7-11)10-14-16(21)19-13-9-5-4-8-12(13)18-14/h1-9H,10H2,(H,17,20)(H,19,21). The van der Waals surface area contributed by atoms with Crippen molar-refractivity contribution < 1.29 is 0 Å². The van der Waals surface area contributed by atoms with Crippen LogP contribution in [0.25, 0.3) is 11.0 Å². The maximum absolute atomic E-state index is 5.39. The molecule has 0 aliphatic heterocycles. The Balaban J connectivity index is 1.83. The van der Waals surface area contributed by atoms with E-state index in [1.54, 1.807) is 0 Å². The van der Waals surface area contributed by atoms with Crippen LogP contribution in [0.5, 0.6) is 0 Å². The summed E-state index contributed by atoms with van der Waals surface area (Å²) in [5, 5.41) is 3.20. The minimum Gasteiger partial charge on any atom is -0.350 e. The number of rotatable bonds is 3. The molecular formula is C16H13N3S2. The third-order valence-corrected chi connectivity index (χ3v) is 3.64. The molecule has 1 heterocycles. The molecule has 0 saturated carbocycles. The van der Waals surface area contributed by atoms with Crippen molar-refractivity contribution in [2.45, 2.75) is 6.42 Å². The number of nitrogens with one attached hydrogen (secondary N) is 2. The zero-order chi connectivity index (χ0) is 14.7. The minimum atomic E-state index is 0.518. The molecule has 0 radical (unpaired) electrons. The molecule has 0 amide bonds. The highest BCUT2D eigenvalue weighted by molar-refractivity contribution is 7.80. The normalized spacial score (nSPS) is 10.5. The van der Waals surface area contributed by atoms with Crippen LogP contribution in [0, 0.1) is 4.64 Å². The number of benzene rings is 2. The first-order valence-electron chi connectivity index (χ1n) is 6.55. The first-order valence-corrected chi connectivity index (χ1v) is 7.37. The Labute approximate surface area is 133 Å². The van der Waals surface area contributed by atoms with E-state index in [1.807, 2.05) is 54.6 Å². The highest BCUT2D eigenvalue weighted by Crippen LogP contribution is 2.12. The summed E-state index contributed by atoms with van der Waals surface area (Å²) in [5.41, 5.74) is 3.59. The van der Waals surface area contributed by atoms with Crippen molar-refractivity contribution in [3.05, 3.63) is 64.9 Å². The molecule has 0 aliphatic rings. The maximum atomic E-state index is 5.39. The van der Waals surface area contributed by atoms with E-state index >= 15 is 0 Å². The fourth-order valence-corrected chi connectivity index (χ4v) is 2.55. The van der Waals surface area contributed by atoms with Gasteiger partial charge in [0.1, 0.15) is 4.64 Å². The van der Waals surface area contributed by atoms with E-state index in [2.05, 4.69) is 15.3 Å². The molecule has 0 bridgehead atoms. The summed E-state index contributed by atoms with van der Waals surface area (Å²) in [4.78, 5) is 8.48. The topological polar surface area (TPSA) is 40.7 Å². The molecule has 1 aromatic heterocycles. The molecule has 5 heteroatoms. The molecule has 0 spiro atoms. The number of fused-ring (bicyclic) bond motifs is 1. The van der Waals surface area contributed by atoms with Crippen LogP contribution >= 0.6 is 24.4 Å². The van der Waals surface area contributed by atoms with Gasteiger partial charge in [-0.25, -0.2) is 4.98 Å². The Bertz CT molecular complexity index is 841. The van der Waals surface area contributed by atoms with E-state index in [9.17, 15) is 0 Å². The van der Waals surface area contributed by atoms with Crippen molar-refractivity contribution in [1.29, 1.82) is 0 Å². The predicted octanol–water partition coefficient (Wildman–Crippen LogP) is 4.27. The number of para-hydroxylation sites is 3.